The lowest BCUT2D eigenvalue weighted by molar-refractivity contribution is 0.0315. The molecule has 0 bridgehead atoms. The molecule has 1 atom stereocenters. The van der Waals surface area contributed by atoms with Crippen LogP contribution in [0.2, 0.25) is 0 Å². The first kappa shape index (κ1) is 13.4. The Hall–Kier alpha value is -1.60. The van der Waals surface area contributed by atoms with Crippen molar-refractivity contribution in [3.8, 4) is 11.4 Å². The van der Waals surface area contributed by atoms with E-state index in [0.717, 1.165) is 36.0 Å². The molecule has 0 amide bonds. The van der Waals surface area contributed by atoms with E-state index in [1.807, 2.05) is 0 Å². The van der Waals surface area contributed by atoms with E-state index < -0.39 is 0 Å². The maximum atomic E-state index is 9.31. The van der Waals surface area contributed by atoms with Crippen LogP contribution in [0.1, 0.15) is 19.3 Å². The van der Waals surface area contributed by atoms with Crippen LogP contribution in [0, 0.1) is 0 Å². The van der Waals surface area contributed by atoms with Gasteiger partial charge in [0.15, 0.2) is 0 Å². The van der Waals surface area contributed by atoms with Crippen molar-refractivity contribution in [3.05, 3.63) is 24.3 Å². The van der Waals surface area contributed by atoms with Crippen molar-refractivity contribution in [3.63, 3.8) is 0 Å². The maximum absolute atomic E-state index is 9.31. The summed E-state index contributed by atoms with van der Waals surface area (Å²) in [6.07, 6.45) is 3.78. The number of phenols is 1. The fourth-order valence-electron chi connectivity index (χ4n) is 2.13. The number of thioether (sulfide) groups is 1. The Labute approximate surface area is 121 Å². The van der Waals surface area contributed by atoms with E-state index in [-0.39, 0.29) is 5.75 Å². The minimum atomic E-state index is 0.228. The van der Waals surface area contributed by atoms with Crippen LogP contribution < -0.4 is 0 Å². The lowest BCUT2D eigenvalue weighted by atomic mass is 10.1. The lowest BCUT2D eigenvalue weighted by Gasteiger charge is -2.21. The van der Waals surface area contributed by atoms with Gasteiger partial charge in [0, 0.05) is 12.4 Å². The van der Waals surface area contributed by atoms with Gasteiger partial charge in [0.2, 0.25) is 5.16 Å². The zero-order valence-electron chi connectivity index (χ0n) is 11.0. The van der Waals surface area contributed by atoms with Crippen molar-refractivity contribution >= 4 is 11.8 Å². The molecule has 1 aromatic carbocycles. The second kappa shape index (κ2) is 6.23. The van der Waals surface area contributed by atoms with Gasteiger partial charge in [-0.2, -0.15) is 4.68 Å². The Morgan fingerprint density at radius 2 is 2.15 bits per heavy atom. The molecule has 1 fully saturated rings. The highest BCUT2D eigenvalue weighted by atomic mass is 32.2. The van der Waals surface area contributed by atoms with Crippen molar-refractivity contribution in [1.82, 2.24) is 20.2 Å². The van der Waals surface area contributed by atoms with Gasteiger partial charge >= 0.3 is 0 Å². The standard InChI is InChI=1S/C13H16N4O2S/c18-11-6-4-10(5-7-11)17-13(14-15-16-17)20-9-12-3-1-2-8-19-12/h4-7,12,18H,1-3,8-9H2/t12-/m0/s1. The molecule has 0 radical (unpaired) electrons. The number of ether oxygens (including phenoxy) is 1. The van der Waals surface area contributed by atoms with Crippen molar-refractivity contribution in [2.24, 2.45) is 0 Å². The third kappa shape index (κ3) is 3.10. The number of aromatic hydroxyl groups is 1. The number of benzene rings is 1. The predicted molar refractivity (Wildman–Crippen MR) is 75.1 cm³/mol. The topological polar surface area (TPSA) is 73.1 Å². The molecule has 2 heterocycles. The highest BCUT2D eigenvalue weighted by molar-refractivity contribution is 7.99. The minimum absolute atomic E-state index is 0.228. The third-order valence-electron chi connectivity index (χ3n) is 3.21. The van der Waals surface area contributed by atoms with Gasteiger partial charge in [-0.25, -0.2) is 0 Å². The second-order valence-electron chi connectivity index (χ2n) is 4.69. The van der Waals surface area contributed by atoms with E-state index in [4.69, 9.17) is 4.74 Å². The number of hydrogen-bond acceptors (Lipinski definition) is 6. The highest BCUT2D eigenvalue weighted by Gasteiger charge is 2.16. The molecule has 6 nitrogen and oxygen atoms in total. The van der Waals surface area contributed by atoms with E-state index >= 15 is 0 Å². The molecular weight excluding hydrogens is 276 g/mol. The molecule has 7 heteroatoms. The number of aromatic nitrogens is 4. The normalized spacial score (nSPS) is 19.1. The first-order valence-electron chi connectivity index (χ1n) is 6.65. The van der Waals surface area contributed by atoms with Crippen LogP contribution in [0.3, 0.4) is 0 Å². The van der Waals surface area contributed by atoms with Gasteiger partial charge in [-0.1, -0.05) is 11.8 Å². The molecular formula is C13H16N4O2S. The average molecular weight is 292 g/mol. The minimum Gasteiger partial charge on any atom is -0.508 e. The third-order valence-corrected chi connectivity index (χ3v) is 4.26. The highest BCUT2D eigenvalue weighted by Crippen LogP contribution is 2.23. The summed E-state index contributed by atoms with van der Waals surface area (Å²) < 4.78 is 7.38. The van der Waals surface area contributed by atoms with E-state index in [1.54, 1.807) is 40.7 Å². The molecule has 1 aliphatic heterocycles. The van der Waals surface area contributed by atoms with Crippen LogP contribution in [0.15, 0.2) is 29.4 Å². The van der Waals surface area contributed by atoms with Gasteiger partial charge in [0.25, 0.3) is 0 Å². The fraction of sp³-hybridized carbons (Fsp3) is 0.462. The summed E-state index contributed by atoms with van der Waals surface area (Å²) in [5.74, 6) is 1.09. The molecule has 0 spiro atoms. The average Bonchev–Trinajstić information content (AvgIpc) is 2.95. The smallest absolute Gasteiger partial charge is 0.214 e. The summed E-state index contributed by atoms with van der Waals surface area (Å²) in [6, 6.07) is 6.81. The van der Waals surface area contributed by atoms with E-state index in [1.165, 1.54) is 6.42 Å². The van der Waals surface area contributed by atoms with Gasteiger partial charge in [-0.3, -0.25) is 0 Å². The Kier molecular flexibility index (Phi) is 4.17. The molecule has 0 aliphatic carbocycles. The molecule has 20 heavy (non-hydrogen) atoms. The first-order valence-corrected chi connectivity index (χ1v) is 7.64. The van der Waals surface area contributed by atoms with Crippen LogP contribution in [0.4, 0.5) is 0 Å². The fourth-order valence-corrected chi connectivity index (χ4v) is 3.09. The van der Waals surface area contributed by atoms with Crippen LogP contribution >= 0.6 is 11.8 Å². The van der Waals surface area contributed by atoms with Crippen molar-refractivity contribution in [2.75, 3.05) is 12.4 Å². The molecule has 1 aliphatic rings. The molecule has 0 saturated carbocycles. The summed E-state index contributed by atoms with van der Waals surface area (Å²) in [5, 5.41) is 21.8. The number of hydrogen-bond donors (Lipinski definition) is 1. The maximum Gasteiger partial charge on any atom is 0.214 e. The molecule has 1 N–H and O–H groups in total. The molecule has 3 rings (SSSR count). The molecule has 106 valence electrons. The number of tetrazole rings is 1. The number of phenolic OH excluding ortho intramolecular Hbond substituents is 1. The molecule has 2 aromatic rings. The summed E-state index contributed by atoms with van der Waals surface area (Å²) in [7, 11) is 0. The van der Waals surface area contributed by atoms with Crippen LogP contribution in [0.25, 0.3) is 5.69 Å². The van der Waals surface area contributed by atoms with Crippen molar-refractivity contribution in [1.29, 1.82) is 0 Å². The van der Waals surface area contributed by atoms with Crippen LogP contribution in [-0.2, 0) is 4.74 Å². The van der Waals surface area contributed by atoms with Crippen molar-refractivity contribution in [2.45, 2.75) is 30.5 Å². The molecule has 1 aromatic heterocycles. The Morgan fingerprint density at radius 1 is 1.30 bits per heavy atom. The summed E-state index contributed by atoms with van der Waals surface area (Å²) in [6.45, 7) is 0.855. The quantitative estimate of drug-likeness (QED) is 0.869. The van der Waals surface area contributed by atoms with Gasteiger partial charge in [-0.15, -0.1) is 5.10 Å². The number of rotatable bonds is 4. The molecule has 0 unspecified atom stereocenters. The van der Waals surface area contributed by atoms with Gasteiger partial charge in [-0.05, 0) is 54.0 Å². The van der Waals surface area contributed by atoms with Crippen LogP contribution in [0.5, 0.6) is 5.75 Å². The first-order chi connectivity index (χ1) is 9.83. The largest absolute Gasteiger partial charge is 0.508 e. The second-order valence-corrected chi connectivity index (χ2v) is 5.68. The monoisotopic (exact) mass is 292 g/mol. The van der Waals surface area contributed by atoms with E-state index in [9.17, 15) is 5.11 Å². The number of nitrogens with zero attached hydrogens (tertiary/aromatic N) is 4. The van der Waals surface area contributed by atoms with E-state index in [2.05, 4.69) is 15.5 Å². The summed E-state index contributed by atoms with van der Waals surface area (Å²) in [4.78, 5) is 0. The Balaban J connectivity index is 1.68. The van der Waals surface area contributed by atoms with Gasteiger partial charge in [0.05, 0.1) is 11.8 Å². The lowest BCUT2D eigenvalue weighted by Crippen LogP contribution is -2.21. The molecule has 1 saturated heterocycles. The van der Waals surface area contributed by atoms with Crippen LogP contribution in [-0.4, -0.2) is 43.8 Å². The summed E-state index contributed by atoms with van der Waals surface area (Å²) in [5.41, 5.74) is 0.833. The Morgan fingerprint density at radius 3 is 2.90 bits per heavy atom. The van der Waals surface area contributed by atoms with Crippen molar-refractivity contribution < 1.29 is 9.84 Å². The predicted octanol–water partition coefficient (Wildman–Crippen LogP) is 2.03. The zero-order valence-corrected chi connectivity index (χ0v) is 11.8. The van der Waals surface area contributed by atoms with Gasteiger partial charge in [0.1, 0.15) is 5.75 Å². The Bertz CT molecular complexity index is 552. The SMILES string of the molecule is Oc1ccc(-n2nnnc2SC[C@@H]2CCCCO2)cc1. The van der Waals surface area contributed by atoms with E-state index in [0.29, 0.717) is 6.10 Å². The van der Waals surface area contributed by atoms with Gasteiger partial charge < -0.3 is 9.84 Å². The zero-order chi connectivity index (χ0) is 13.8. The summed E-state index contributed by atoms with van der Waals surface area (Å²) >= 11 is 1.60.